The molecule has 1 heterocycles. The number of ether oxygens (including phenoxy) is 2. The van der Waals surface area contributed by atoms with E-state index < -0.39 is 0 Å². The highest BCUT2D eigenvalue weighted by atomic mass is 16.5. The standard InChI is InChI=1S/C19H21NO4/c1-20(2)9-10-23-19(22)12-18-16-11-13(21)7-8-14(16)15-5-3-4-6-17(15)24-18/h3-8,11,17,21H,9-10,12H2,1-2H3. The maximum absolute atomic E-state index is 12.1. The lowest BCUT2D eigenvalue weighted by Gasteiger charge is -2.25. The summed E-state index contributed by atoms with van der Waals surface area (Å²) in [4.78, 5) is 14.1. The van der Waals surface area contributed by atoms with Crippen LogP contribution in [0.15, 0.2) is 42.5 Å². The van der Waals surface area contributed by atoms with Gasteiger partial charge in [-0.25, -0.2) is 0 Å². The zero-order valence-electron chi connectivity index (χ0n) is 13.9. The Labute approximate surface area is 140 Å². The number of allylic oxidation sites excluding steroid dienone is 2. The highest BCUT2D eigenvalue weighted by Crippen LogP contribution is 2.22. The van der Waals surface area contributed by atoms with Crippen LogP contribution in [0.25, 0.3) is 11.3 Å². The Balaban J connectivity index is 1.91. The summed E-state index contributed by atoms with van der Waals surface area (Å²) in [5, 5.41) is 11.5. The van der Waals surface area contributed by atoms with E-state index in [1.165, 1.54) is 0 Å². The predicted molar refractivity (Wildman–Crippen MR) is 91.5 cm³/mol. The van der Waals surface area contributed by atoms with Crippen LogP contribution in [0.5, 0.6) is 5.75 Å². The molecule has 0 amide bonds. The van der Waals surface area contributed by atoms with Crippen LogP contribution in [0.2, 0.25) is 0 Å². The molecule has 3 rings (SSSR count). The molecule has 1 aliphatic carbocycles. The summed E-state index contributed by atoms with van der Waals surface area (Å²) in [5.74, 6) is 0.342. The van der Waals surface area contributed by atoms with Crippen molar-refractivity contribution in [3.63, 3.8) is 0 Å². The molecular weight excluding hydrogens is 306 g/mol. The largest absolute Gasteiger partial charge is 0.508 e. The van der Waals surface area contributed by atoms with E-state index in [1.54, 1.807) is 12.1 Å². The number of aromatic hydroxyl groups is 1. The first-order chi connectivity index (χ1) is 11.5. The monoisotopic (exact) mass is 327 g/mol. The van der Waals surface area contributed by atoms with Gasteiger partial charge in [-0.05, 0) is 37.5 Å². The Morgan fingerprint density at radius 2 is 2.12 bits per heavy atom. The molecule has 1 aromatic carbocycles. The van der Waals surface area contributed by atoms with Crippen molar-refractivity contribution >= 4 is 17.3 Å². The fourth-order valence-electron chi connectivity index (χ4n) is 2.76. The highest BCUT2D eigenvalue weighted by molar-refractivity contribution is 5.80. The van der Waals surface area contributed by atoms with Gasteiger partial charge in [0.15, 0.2) is 0 Å². The van der Waals surface area contributed by atoms with Crippen molar-refractivity contribution < 1.29 is 19.4 Å². The van der Waals surface area contributed by atoms with Crippen molar-refractivity contribution in [2.45, 2.75) is 12.5 Å². The molecular formula is C19H21NO4. The summed E-state index contributed by atoms with van der Waals surface area (Å²) in [5.41, 5.74) is 1.03. The summed E-state index contributed by atoms with van der Waals surface area (Å²) in [6.45, 7) is 1.02. The van der Waals surface area contributed by atoms with Crippen molar-refractivity contribution in [1.29, 1.82) is 0 Å². The number of hydrogen-bond donors (Lipinski definition) is 1. The summed E-state index contributed by atoms with van der Waals surface area (Å²) >= 11 is 0. The molecule has 0 aromatic heterocycles. The molecule has 1 aromatic rings. The number of phenols is 1. The fraction of sp³-hybridized carbons (Fsp3) is 0.316. The molecule has 1 unspecified atom stereocenters. The van der Waals surface area contributed by atoms with Gasteiger partial charge in [0.2, 0.25) is 0 Å². The average molecular weight is 327 g/mol. The third kappa shape index (κ3) is 3.51. The molecule has 0 saturated heterocycles. The van der Waals surface area contributed by atoms with Gasteiger partial charge in [-0.15, -0.1) is 0 Å². The van der Waals surface area contributed by atoms with Crippen LogP contribution in [0.1, 0.15) is 6.42 Å². The number of carbonyl (C=O) groups excluding carboxylic acids is 1. The SMILES string of the molecule is CN(C)CCOC(=O)CC1=c2cc(O)ccc2=C2C=CC=CC2O1. The number of carbonyl (C=O) groups is 1. The molecule has 126 valence electrons. The van der Waals surface area contributed by atoms with Crippen LogP contribution in [-0.2, 0) is 14.3 Å². The molecule has 0 saturated carbocycles. The number of phenolic OH excluding ortho intramolecular Hbond substituents is 1. The third-order valence-corrected chi connectivity index (χ3v) is 3.97. The van der Waals surface area contributed by atoms with Crippen LogP contribution in [0, 0.1) is 0 Å². The van der Waals surface area contributed by atoms with E-state index in [-0.39, 0.29) is 24.2 Å². The van der Waals surface area contributed by atoms with E-state index in [4.69, 9.17) is 9.47 Å². The van der Waals surface area contributed by atoms with Gasteiger partial charge in [-0.3, -0.25) is 4.79 Å². The van der Waals surface area contributed by atoms with Crippen LogP contribution in [-0.4, -0.2) is 49.3 Å². The topological polar surface area (TPSA) is 59.0 Å². The smallest absolute Gasteiger partial charge is 0.313 e. The van der Waals surface area contributed by atoms with E-state index >= 15 is 0 Å². The molecule has 0 radical (unpaired) electrons. The zero-order chi connectivity index (χ0) is 17.1. The average Bonchev–Trinajstić information content (AvgIpc) is 2.54. The molecule has 24 heavy (non-hydrogen) atoms. The Kier molecular flexibility index (Phi) is 4.71. The second-order valence-electron chi connectivity index (χ2n) is 6.09. The summed E-state index contributed by atoms with van der Waals surface area (Å²) < 4.78 is 11.2. The molecule has 1 atom stereocenters. The van der Waals surface area contributed by atoms with Gasteiger partial charge in [0.25, 0.3) is 0 Å². The van der Waals surface area contributed by atoms with Crippen molar-refractivity contribution in [2.24, 2.45) is 0 Å². The Morgan fingerprint density at radius 1 is 1.29 bits per heavy atom. The molecule has 0 bridgehead atoms. The van der Waals surface area contributed by atoms with Crippen LogP contribution in [0.3, 0.4) is 0 Å². The minimum Gasteiger partial charge on any atom is -0.508 e. The highest BCUT2D eigenvalue weighted by Gasteiger charge is 2.23. The van der Waals surface area contributed by atoms with Crippen molar-refractivity contribution in [1.82, 2.24) is 4.90 Å². The quantitative estimate of drug-likeness (QED) is 0.806. The van der Waals surface area contributed by atoms with Crippen molar-refractivity contribution in [3.05, 3.63) is 52.9 Å². The second kappa shape index (κ2) is 6.93. The van der Waals surface area contributed by atoms with Gasteiger partial charge in [0.1, 0.15) is 30.6 Å². The first-order valence-electron chi connectivity index (χ1n) is 7.93. The lowest BCUT2D eigenvalue weighted by atomic mass is 9.97. The second-order valence-corrected chi connectivity index (χ2v) is 6.09. The number of rotatable bonds is 5. The Hall–Kier alpha value is -2.53. The van der Waals surface area contributed by atoms with E-state index in [0.29, 0.717) is 18.9 Å². The van der Waals surface area contributed by atoms with Gasteiger partial charge in [0.05, 0.1) is 0 Å². The van der Waals surface area contributed by atoms with Crippen LogP contribution in [0.4, 0.5) is 0 Å². The maximum Gasteiger partial charge on any atom is 0.313 e. The molecule has 2 aliphatic rings. The minimum absolute atomic E-state index is 0.0468. The Bertz CT molecular complexity index is 820. The number of esters is 1. The van der Waals surface area contributed by atoms with Crippen LogP contribution >= 0.6 is 0 Å². The van der Waals surface area contributed by atoms with Gasteiger partial charge in [0, 0.05) is 17.3 Å². The number of fused-ring (bicyclic) bond motifs is 2. The van der Waals surface area contributed by atoms with Gasteiger partial charge >= 0.3 is 5.97 Å². The number of benzene rings is 1. The lowest BCUT2D eigenvalue weighted by Crippen LogP contribution is -2.39. The summed E-state index contributed by atoms with van der Waals surface area (Å²) in [7, 11) is 3.85. The van der Waals surface area contributed by atoms with Crippen molar-refractivity contribution in [2.75, 3.05) is 27.2 Å². The predicted octanol–water partition coefficient (Wildman–Crippen LogP) is 0.671. The normalized spacial score (nSPS) is 18.2. The van der Waals surface area contributed by atoms with Gasteiger partial charge < -0.3 is 19.5 Å². The molecule has 0 spiro atoms. The molecule has 1 aliphatic heterocycles. The van der Waals surface area contributed by atoms with Gasteiger partial charge in [-0.1, -0.05) is 24.3 Å². The van der Waals surface area contributed by atoms with Gasteiger partial charge in [-0.2, -0.15) is 0 Å². The van der Waals surface area contributed by atoms with Crippen molar-refractivity contribution in [3.8, 4) is 5.75 Å². The number of hydrogen-bond acceptors (Lipinski definition) is 5. The molecule has 1 N–H and O–H groups in total. The molecule has 0 fully saturated rings. The number of nitrogens with zero attached hydrogens (tertiary/aromatic N) is 1. The molecule has 5 heteroatoms. The third-order valence-electron chi connectivity index (χ3n) is 3.97. The minimum atomic E-state index is -0.333. The molecule has 5 nitrogen and oxygen atoms in total. The lowest BCUT2D eigenvalue weighted by molar-refractivity contribution is -0.143. The summed E-state index contributed by atoms with van der Waals surface area (Å²) in [6.07, 6.45) is 7.65. The Morgan fingerprint density at radius 3 is 2.92 bits per heavy atom. The van der Waals surface area contributed by atoms with E-state index in [1.807, 2.05) is 49.4 Å². The zero-order valence-corrected chi connectivity index (χ0v) is 13.9. The van der Waals surface area contributed by atoms with E-state index in [0.717, 1.165) is 16.0 Å². The maximum atomic E-state index is 12.1. The van der Waals surface area contributed by atoms with Crippen LogP contribution < -0.4 is 10.4 Å². The summed E-state index contributed by atoms with van der Waals surface area (Å²) in [6, 6.07) is 5.14. The first kappa shape index (κ1) is 16.3. The fourth-order valence-corrected chi connectivity index (χ4v) is 2.76. The van der Waals surface area contributed by atoms with E-state index in [9.17, 15) is 9.90 Å². The van der Waals surface area contributed by atoms with E-state index in [2.05, 4.69) is 0 Å². The first-order valence-corrected chi connectivity index (χ1v) is 7.93. The number of likely N-dealkylation sites (N-methyl/N-ethyl adjacent to an activating group) is 1.